The van der Waals surface area contributed by atoms with Crippen LogP contribution in [0.2, 0.25) is 0 Å². The first-order valence-electron chi connectivity index (χ1n) is 10.5. The normalized spacial score (nSPS) is 13.8. The lowest BCUT2D eigenvalue weighted by molar-refractivity contribution is 0.0906. The molecule has 1 atom stereocenters. The van der Waals surface area contributed by atoms with Crippen molar-refractivity contribution in [3.8, 4) is 22.6 Å². The number of hydrogen-bond donors (Lipinski definition) is 3. The van der Waals surface area contributed by atoms with Crippen LogP contribution in [0.4, 0.5) is 0 Å². The van der Waals surface area contributed by atoms with Crippen LogP contribution in [0.5, 0.6) is 11.5 Å². The van der Waals surface area contributed by atoms with Crippen LogP contribution in [0.15, 0.2) is 55.0 Å². The molecule has 3 N–H and O–H groups in total. The Balaban J connectivity index is 1.43. The Morgan fingerprint density at radius 3 is 2.91 bits per heavy atom. The first-order chi connectivity index (χ1) is 15.6. The van der Waals surface area contributed by atoms with Gasteiger partial charge in [-0.05, 0) is 35.7 Å². The van der Waals surface area contributed by atoms with Gasteiger partial charge in [-0.3, -0.25) is 9.48 Å². The average Bonchev–Trinajstić information content (AvgIpc) is 3.44. The summed E-state index contributed by atoms with van der Waals surface area (Å²) in [6, 6.07) is 11.1. The van der Waals surface area contributed by atoms with Gasteiger partial charge in [0.25, 0.3) is 5.91 Å². The van der Waals surface area contributed by atoms with E-state index in [1.807, 2.05) is 49.8 Å². The van der Waals surface area contributed by atoms with Crippen molar-refractivity contribution in [2.45, 2.75) is 12.5 Å². The maximum absolute atomic E-state index is 13.3. The van der Waals surface area contributed by atoms with Gasteiger partial charge in [0.05, 0.1) is 24.4 Å². The summed E-state index contributed by atoms with van der Waals surface area (Å²) >= 11 is 0. The van der Waals surface area contributed by atoms with Crippen molar-refractivity contribution >= 4 is 16.8 Å². The molecule has 164 valence electrons. The maximum atomic E-state index is 13.3. The fourth-order valence-electron chi connectivity index (χ4n) is 4.05. The van der Waals surface area contributed by atoms with E-state index in [1.165, 1.54) is 0 Å². The Hall–Kier alpha value is -3.78. The summed E-state index contributed by atoms with van der Waals surface area (Å²) in [5.74, 6) is 0.626. The van der Waals surface area contributed by atoms with Gasteiger partial charge in [-0.15, -0.1) is 0 Å². The molecule has 0 spiro atoms. The van der Waals surface area contributed by atoms with E-state index in [0.29, 0.717) is 36.7 Å². The zero-order valence-corrected chi connectivity index (χ0v) is 17.7. The van der Waals surface area contributed by atoms with Gasteiger partial charge in [-0.25, -0.2) is 0 Å². The van der Waals surface area contributed by atoms with E-state index in [9.17, 15) is 9.90 Å². The molecular weight excluding hydrogens is 408 g/mol. The molecular formula is C24H24N4O4. The summed E-state index contributed by atoms with van der Waals surface area (Å²) in [6.45, 7) is 0.607. The zero-order chi connectivity index (χ0) is 22.1. The fraction of sp³-hybridized carbons (Fsp3) is 0.250. The number of aromatic nitrogens is 3. The summed E-state index contributed by atoms with van der Waals surface area (Å²) in [5, 5.41) is 18.2. The standard InChI is InChI=1S/C24H24N4O4/c1-28-13-17(12-26-28)15-9-20(23-22(10-15)31-6-7-32-23)24(30)27-18(14-29)8-16-11-25-21-5-3-2-4-19(16)21/h2-5,9-13,18,25,29H,6-8,14H2,1H3,(H,27,30). The molecule has 1 unspecified atom stereocenters. The molecule has 4 aromatic rings. The van der Waals surface area contributed by atoms with Crippen molar-refractivity contribution in [1.82, 2.24) is 20.1 Å². The Morgan fingerprint density at radius 2 is 2.09 bits per heavy atom. The molecule has 5 rings (SSSR count). The third kappa shape index (κ3) is 3.80. The van der Waals surface area contributed by atoms with E-state index in [-0.39, 0.29) is 12.5 Å². The molecule has 32 heavy (non-hydrogen) atoms. The molecule has 0 saturated heterocycles. The molecule has 2 aromatic heterocycles. The number of amides is 1. The highest BCUT2D eigenvalue weighted by Crippen LogP contribution is 2.38. The molecule has 2 aromatic carbocycles. The van der Waals surface area contributed by atoms with Crippen LogP contribution in [0.3, 0.4) is 0 Å². The number of ether oxygens (including phenoxy) is 2. The van der Waals surface area contributed by atoms with Gasteiger partial charge in [0.2, 0.25) is 0 Å². The molecule has 1 amide bonds. The lowest BCUT2D eigenvalue weighted by atomic mass is 10.0. The number of hydrogen-bond acceptors (Lipinski definition) is 5. The van der Waals surface area contributed by atoms with Crippen molar-refractivity contribution < 1.29 is 19.4 Å². The zero-order valence-electron chi connectivity index (χ0n) is 17.7. The van der Waals surface area contributed by atoms with Gasteiger partial charge in [0, 0.05) is 35.9 Å². The topological polar surface area (TPSA) is 101 Å². The van der Waals surface area contributed by atoms with E-state index < -0.39 is 6.04 Å². The Bertz CT molecular complexity index is 1280. The summed E-state index contributed by atoms with van der Waals surface area (Å²) in [5.41, 5.74) is 4.11. The first-order valence-corrected chi connectivity index (χ1v) is 10.5. The second-order valence-corrected chi connectivity index (χ2v) is 7.87. The number of nitrogens with zero attached hydrogens (tertiary/aromatic N) is 2. The summed E-state index contributed by atoms with van der Waals surface area (Å²) in [7, 11) is 1.84. The van der Waals surface area contributed by atoms with E-state index in [1.54, 1.807) is 16.9 Å². The lowest BCUT2D eigenvalue weighted by Crippen LogP contribution is -2.39. The van der Waals surface area contributed by atoms with Crippen LogP contribution in [-0.4, -0.2) is 51.6 Å². The molecule has 0 radical (unpaired) electrons. The highest BCUT2D eigenvalue weighted by Gasteiger charge is 2.25. The van der Waals surface area contributed by atoms with Gasteiger partial charge < -0.3 is 24.9 Å². The number of fused-ring (bicyclic) bond motifs is 2. The van der Waals surface area contributed by atoms with Gasteiger partial charge in [-0.1, -0.05) is 18.2 Å². The van der Waals surface area contributed by atoms with Gasteiger partial charge in [-0.2, -0.15) is 5.10 Å². The van der Waals surface area contributed by atoms with Gasteiger partial charge >= 0.3 is 0 Å². The molecule has 1 aliphatic rings. The largest absolute Gasteiger partial charge is 0.486 e. The number of benzene rings is 2. The van der Waals surface area contributed by atoms with Crippen molar-refractivity contribution in [1.29, 1.82) is 0 Å². The minimum Gasteiger partial charge on any atom is -0.486 e. The van der Waals surface area contributed by atoms with Crippen molar-refractivity contribution in [2.75, 3.05) is 19.8 Å². The number of aromatic amines is 1. The average molecular weight is 432 g/mol. The summed E-state index contributed by atoms with van der Waals surface area (Å²) < 4.78 is 13.2. The number of nitrogens with one attached hydrogen (secondary N) is 2. The van der Waals surface area contributed by atoms with E-state index in [0.717, 1.165) is 27.6 Å². The third-order valence-electron chi connectivity index (χ3n) is 5.62. The quantitative estimate of drug-likeness (QED) is 0.435. The highest BCUT2D eigenvalue weighted by atomic mass is 16.6. The molecule has 1 aliphatic heterocycles. The monoisotopic (exact) mass is 432 g/mol. The Labute approximate surface area is 184 Å². The minimum atomic E-state index is -0.455. The van der Waals surface area contributed by atoms with E-state index in [2.05, 4.69) is 15.4 Å². The minimum absolute atomic E-state index is 0.187. The SMILES string of the molecule is Cn1cc(-c2cc3c(c(C(=O)NC(CO)Cc4c[nH]c5ccccc45)c2)OCCO3)cn1. The summed E-state index contributed by atoms with van der Waals surface area (Å²) in [6.07, 6.45) is 6.02. The van der Waals surface area contributed by atoms with E-state index >= 15 is 0 Å². The van der Waals surface area contributed by atoms with Crippen LogP contribution in [0.1, 0.15) is 15.9 Å². The van der Waals surface area contributed by atoms with E-state index in [4.69, 9.17) is 9.47 Å². The van der Waals surface area contributed by atoms with Gasteiger partial charge in [0.1, 0.15) is 13.2 Å². The number of rotatable bonds is 6. The smallest absolute Gasteiger partial charge is 0.255 e. The summed E-state index contributed by atoms with van der Waals surface area (Å²) in [4.78, 5) is 16.5. The lowest BCUT2D eigenvalue weighted by Gasteiger charge is -2.23. The van der Waals surface area contributed by atoms with Crippen LogP contribution in [0.25, 0.3) is 22.0 Å². The number of aliphatic hydroxyl groups excluding tert-OH is 1. The maximum Gasteiger partial charge on any atom is 0.255 e. The number of aryl methyl sites for hydroxylation is 1. The number of H-pyrrole nitrogens is 1. The van der Waals surface area contributed by atoms with Crippen molar-refractivity contribution in [3.63, 3.8) is 0 Å². The highest BCUT2D eigenvalue weighted by molar-refractivity contribution is 5.99. The number of para-hydroxylation sites is 1. The third-order valence-corrected chi connectivity index (χ3v) is 5.62. The fourth-order valence-corrected chi connectivity index (χ4v) is 4.05. The number of aliphatic hydroxyl groups is 1. The van der Waals surface area contributed by atoms with Crippen molar-refractivity contribution in [3.05, 3.63) is 66.1 Å². The molecule has 3 heterocycles. The molecule has 0 saturated carbocycles. The predicted octanol–water partition coefficient (Wildman–Crippen LogP) is 2.67. The number of carbonyl (C=O) groups is 1. The predicted molar refractivity (Wildman–Crippen MR) is 120 cm³/mol. The molecule has 0 bridgehead atoms. The van der Waals surface area contributed by atoms with Crippen LogP contribution in [0, 0.1) is 0 Å². The second kappa shape index (κ2) is 8.39. The molecule has 8 nitrogen and oxygen atoms in total. The van der Waals surface area contributed by atoms with Gasteiger partial charge in [0.15, 0.2) is 11.5 Å². The molecule has 0 aliphatic carbocycles. The number of carbonyl (C=O) groups excluding carboxylic acids is 1. The Kier molecular flexibility index (Phi) is 5.28. The van der Waals surface area contributed by atoms with Crippen LogP contribution in [-0.2, 0) is 13.5 Å². The Morgan fingerprint density at radius 1 is 1.25 bits per heavy atom. The first kappa shape index (κ1) is 20.1. The van der Waals surface area contributed by atoms with Crippen molar-refractivity contribution in [2.24, 2.45) is 7.05 Å². The molecule has 8 heteroatoms. The molecule has 0 fully saturated rings. The van der Waals surface area contributed by atoms with Crippen LogP contribution < -0.4 is 14.8 Å². The van der Waals surface area contributed by atoms with Crippen LogP contribution >= 0.6 is 0 Å². The second-order valence-electron chi connectivity index (χ2n) is 7.87.